The van der Waals surface area contributed by atoms with Crippen molar-refractivity contribution in [3.8, 4) is 0 Å². The molecule has 1 aliphatic heterocycles. The van der Waals surface area contributed by atoms with E-state index in [2.05, 4.69) is 25.8 Å². The molecular weight excluding hydrogens is 230 g/mol. The summed E-state index contributed by atoms with van der Waals surface area (Å²) in [5.74, 6) is -0.136. The van der Waals surface area contributed by atoms with E-state index in [1.165, 1.54) is 0 Å². The molecule has 0 atom stereocenters. The third-order valence-corrected chi connectivity index (χ3v) is 3.01. The molecule has 0 saturated heterocycles. The molecule has 3 heterocycles. The molecule has 0 spiro atoms. The van der Waals surface area contributed by atoms with Crippen LogP contribution in [0.3, 0.4) is 0 Å². The van der Waals surface area contributed by atoms with E-state index in [4.69, 9.17) is 0 Å². The van der Waals surface area contributed by atoms with E-state index in [1.54, 1.807) is 18.6 Å². The Labute approximate surface area is 104 Å². The van der Waals surface area contributed by atoms with Gasteiger partial charge in [0.25, 0.3) is 5.91 Å². The molecule has 2 aromatic heterocycles. The van der Waals surface area contributed by atoms with Gasteiger partial charge in [0.2, 0.25) is 0 Å². The molecule has 3 N–H and O–H groups in total. The number of fused-ring (bicyclic) bond motifs is 1. The fourth-order valence-electron chi connectivity index (χ4n) is 2.13. The van der Waals surface area contributed by atoms with Gasteiger partial charge >= 0.3 is 0 Å². The van der Waals surface area contributed by atoms with E-state index in [0.29, 0.717) is 11.3 Å². The minimum Gasteiger partial charge on any atom is -0.319 e. The van der Waals surface area contributed by atoms with Crippen LogP contribution in [-0.2, 0) is 13.0 Å². The second-order valence-electron chi connectivity index (χ2n) is 4.19. The lowest BCUT2D eigenvalue weighted by atomic mass is 9.98. The summed E-state index contributed by atoms with van der Waals surface area (Å²) in [4.78, 5) is 16.3. The average molecular weight is 243 g/mol. The molecule has 0 unspecified atom stereocenters. The zero-order valence-corrected chi connectivity index (χ0v) is 9.73. The number of aromatic nitrogens is 3. The van der Waals surface area contributed by atoms with Gasteiger partial charge in [0.1, 0.15) is 0 Å². The van der Waals surface area contributed by atoms with Crippen molar-refractivity contribution in [2.24, 2.45) is 0 Å². The van der Waals surface area contributed by atoms with Gasteiger partial charge in [-0.25, -0.2) is 0 Å². The fraction of sp³-hybridized carbons (Fsp3) is 0.250. The lowest BCUT2D eigenvalue weighted by Gasteiger charge is -2.19. The second kappa shape index (κ2) is 4.58. The maximum atomic E-state index is 12.2. The summed E-state index contributed by atoms with van der Waals surface area (Å²) in [6.07, 6.45) is 7.51. The Morgan fingerprint density at radius 3 is 3.11 bits per heavy atom. The number of hydrogen-bond acceptors (Lipinski definition) is 4. The van der Waals surface area contributed by atoms with Crippen molar-refractivity contribution in [3.63, 3.8) is 0 Å². The Balaban J connectivity index is 1.89. The number of carbonyl (C=O) groups excluding carboxylic acids is 1. The van der Waals surface area contributed by atoms with Gasteiger partial charge in [-0.15, -0.1) is 0 Å². The molecule has 0 saturated carbocycles. The van der Waals surface area contributed by atoms with E-state index < -0.39 is 0 Å². The predicted molar refractivity (Wildman–Crippen MR) is 66.2 cm³/mol. The minimum absolute atomic E-state index is 0.136. The average Bonchev–Trinajstić information content (AvgIpc) is 2.91. The van der Waals surface area contributed by atoms with Crippen molar-refractivity contribution in [3.05, 3.63) is 41.5 Å². The first-order valence-corrected chi connectivity index (χ1v) is 5.81. The van der Waals surface area contributed by atoms with Crippen LogP contribution in [0.2, 0.25) is 0 Å². The molecular formula is C12H13N5O. The summed E-state index contributed by atoms with van der Waals surface area (Å²) < 4.78 is 0. The van der Waals surface area contributed by atoms with Crippen LogP contribution in [0, 0.1) is 0 Å². The quantitative estimate of drug-likeness (QED) is 0.725. The van der Waals surface area contributed by atoms with E-state index in [1.807, 2.05) is 6.20 Å². The van der Waals surface area contributed by atoms with Crippen LogP contribution >= 0.6 is 0 Å². The Hall–Kier alpha value is -2.21. The first-order valence-electron chi connectivity index (χ1n) is 5.81. The van der Waals surface area contributed by atoms with Crippen molar-refractivity contribution in [1.29, 1.82) is 0 Å². The van der Waals surface area contributed by atoms with Crippen LogP contribution in [0.5, 0.6) is 0 Å². The molecule has 6 nitrogen and oxygen atoms in total. The van der Waals surface area contributed by atoms with Gasteiger partial charge in [0.05, 0.1) is 17.4 Å². The normalized spacial score (nSPS) is 14.0. The smallest absolute Gasteiger partial charge is 0.257 e. The Morgan fingerprint density at radius 2 is 2.28 bits per heavy atom. The van der Waals surface area contributed by atoms with Gasteiger partial charge in [-0.1, -0.05) is 0 Å². The minimum atomic E-state index is -0.136. The SMILES string of the molecule is O=C(Nc1cn[nH]c1)c1cncc2c1CCNC2. The first kappa shape index (κ1) is 10.9. The molecule has 0 fully saturated rings. The number of amides is 1. The van der Waals surface area contributed by atoms with Crippen LogP contribution in [0.25, 0.3) is 0 Å². The summed E-state index contributed by atoms with van der Waals surface area (Å²) in [7, 11) is 0. The number of anilines is 1. The number of pyridine rings is 1. The highest BCUT2D eigenvalue weighted by Crippen LogP contribution is 2.18. The van der Waals surface area contributed by atoms with Crippen LogP contribution < -0.4 is 10.6 Å². The Kier molecular flexibility index (Phi) is 2.77. The van der Waals surface area contributed by atoms with Gasteiger partial charge in [-0.2, -0.15) is 5.10 Å². The van der Waals surface area contributed by atoms with E-state index in [9.17, 15) is 4.79 Å². The van der Waals surface area contributed by atoms with Gasteiger partial charge in [0.15, 0.2) is 0 Å². The summed E-state index contributed by atoms with van der Waals surface area (Å²) in [5, 5.41) is 12.5. The molecule has 92 valence electrons. The van der Waals surface area contributed by atoms with Crippen LogP contribution in [-0.4, -0.2) is 27.6 Å². The van der Waals surface area contributed by atoms with Gasteiger partial charge in [-0.3, -0.25) is 14.9 Å². The molecule has 0 aliphatic carbocycles. The second-order valence-corrected chi connectivity index (χ2v) is 4.19. The van der Waals surface area contributed by atoms with Crippen molar-refractivity contribution < 1.29 is 4.79 Å². The molecule has 1 amide bonds. The zero-order chi connectivity index (χ0) is 12.4. The standard InChI is InChI=1S/C12H13N5O/c18-12(17-9-5-15-16-6-9)11-7-14-4-8-3-13-2-1-10(8)11/h4-7,13H,1-3H2,(H,15,16)(H,17,18). The highest BCUT2D eigenvalue weighted by Gasteiger charge is 2.18. The van der Waals surface area contributed by atoms with E-state index in [-0.39, 0.29) is 5.91 Å². The molecule has 6 heteroatoms. The molecule has 0 bridgehead atoms. The fourth-order valence-corrected chi connectivity index (χ4v) is 2.13. The van der Waals surface area contributed by atoms with Crippen LogP contribution in [0.4, 0.5) is 5.69 Å². The van der Waals surface area contributed by atoms with Crippen molar-refractivity contribution in [1.82, 2.24) is 20.5 Å². The van der Waals surface area contributed by atoms with Gasteiger partial charge in [-0.05, 0) is 24.1 Å². The Morgan fingerprint density at radius 1 is 1.33 bits per heavy atom. The molecule has 1 aliphatic rings. The zero-order valence-electron chi connectivity index (χ0n) is 9.73. The lowest BCUT2D eigenvalue weighted by Crippen LogP contribution is -2.27. The maximum absolute atomic E-state index is 12.2. The summed E-state index contributed by atoms with van der Waals surface area (Å²) in [5.41, 5.74) is 3.49. The highest BCUT2D eigenvalue weighted by atomic mass is 16.1. The largest absolute Gasteiger partial charge is 0.319 e. The monoisotopic (exact) mass is 243 g/mol. The van der Waals surface area contributed by atoms with Gasteiger partial charge < -0.3 is 10.6 Å². The number of hydrogen-bond donors (Lipinski definition) is 3. The molecule has 2 aromatic rings. The maximum Gasteiger partial charge on any atom is 0.257 e. The number of carbonyl (C=O) groups is 1. The number of aromatic amines is 1. The van der Waals surface area contributed by atoms with Crippen LogP contribution in [0.1, 0.15) is 21.5 Å². The molecule has 0 aromatic carbocycles. The predicted octanol–water partition coefficient (Wildman–Crippen LogP) is 0.703. The number of nitrogens with one attached hydrogen (secondary N) is 3. The van der Waals surface area contributed by atoms with Gasteiger partial charge in [0, 0.05) is 25.1 Å². The Bertz CT molecular complexity index is 564. The summed E-state index contributed by atoms with van der Waals surface area (Å²) >= 11 is 0. The molecule has 3 rings (SSSR count). The van der Waals surface area contributed by atoms with Crippen molar-refractivity contribution in [2.75, 3.05) is 11.9 Å². The lowest BCUT2D eigenvalue weighted by molar-refractivity contribution is 0.102. The third kappa shape index (κ3) is 1.98. The van der Waals surface area contributed by atoms with Crippen LogP contribution in [0.15, 0.2) is 24.8 Å². The van der Waals surface area contributed by atoms with Crippen molar-refractivity contribution in [2.45, 2.75) is 13.0 Å². The summed E-state index contributed by atoms with van der Waals surface area (Å²) in [6, 6.07) is 0. The number of H-pyrrole nitrogens is 1. The molecule has 18 heavy (non-hydrogen) atoms. The summed E-state index contributed by atoms with van der Waals surface area (Å²) in [6.45, 7) is 1.66. The topological polar surface area (TPSA) is 82.7 Å². The number of rotatable bonds is 2. The highest BCUT2D eigenvalue weighted by molar-refractivity contribution is 6.05. The van der Waals surface area contributed by atoms with E-state index >= 15 is 0 Å². The third-order valence-electron chi connectivity index (χ3n) is 3.01. The van der Waals surface area contributed by atoms with E-state index in [0.717, 1.165) is 30.6 Å². The number of nitrogens with zero attached hydrogens (tertiary/aromatic N) is 2. The molecule has 0 radical (unpaired) electrons. The first-order chi connectivity index (χ1) is 8.84. The van der Waals surface area contributed by atoms with Crippen molar-refractivity contribution >= 4 is 11.6 Å².